The minimum atomic E-state index is -1.23. The standard InChI is InChI=1S/C33H40N4O8S/c1-6-18-20(13-38)24(36-33(18)45)9-22-15(3)31(27(39)12-29(42)43)26(35-22)11-23-19(7-8-28(40)41)14(2)21(34-23)10-25-30(17(5)46)16(4)32(44)37-25/h6,10-11,16-17,24,30,34-35,38-39,46H,1,7-9,12-13H2,2-5H3,(H,36,45)(H,37,44)(H,40,41)(H,42,43)/b25-10-,26-11-,31-27+/t16-,17-,24-,30+/m1/s1. The van der Waals surface area contributed by atoms with Gasteiger partial charge in [-0.15, -0.1) is 0 Å². The number of allylic oxidation sites excluding steroid dienone is 1. The Morgan fingerprint density at radius 3 is 2.33 bits per heavy atom. The number of H-pyrrole nitrogens is 2. The van der Waals surface area contributed by atoms with Crippen molar-refractivity contribution < 1.29 is 39.6 Å². The summed E-state index contributed by atoms with van der Waals surface area (Å²) in [4.78, 5) is 54.7. The minimum absolute atomic E-state index is 0.111. The van der Waals surface area contributed by atoms with Crippen LogP contribution < -0.4 is 21.2 Å². The average Bonchev–Trinajstić information content (AvgIpc) is 3.63. The van der Waals surface area contributed by atoms with Gasteiger partial charge < -0.3 is 41.0 Å². The molecule has 4 rings (SSSR count). The zero-order valence-corrected chi connectivity index (χ0v) is 27.0. The van der Waals surface area contributed by atoms with Gasteiger partial charge >= 0.3 is 11.9 Å². The number of carboxylic acid groups (broad SMARTS) is 2. The van der Waals surface area contributed by atoms with E-state index in [1.165, 1.54) is 6.08 Å². The predicted octanol–water partition coefficient (Wildman–Crippen LogP) is 1.50. The van der Waals surface area contributed by atoms with E-state index in [-0.39, 0.29) is 71.3 Å². The van der Waals surface area contributed by atoms with Crippen molar-refractivity contribution in [1.29, 1.82) is 0 Å². The van der Waals surface area contributed by atoms with Crippen molar-refractivity contribution in [1.82, 2.24) is 20.6 Å². The maximum absolute atomic E-state index is 12.5. The Morgan fingerprint density at radius 1 is 1.04 bits per heavy atom. The molecule has 4 atom stereocenters. The Bertz CT molecular complexity index is 1800. The lowest BCUT2D eigenvalue weighted by molar-refractivity contribution is -0.137. The second kappa shape index (κ2) is 13.9. The number of carbonyl (C=O) groups excluding carboxylic acids is 2. The Morgan fingerprint density at radius 2 is 1.74 bits per heavy atom. The second-order valence-electron chi connectivity index (χ2n) is 11.8. The van der Waals surface area contributed by atoms with E-state index in [0.29, 0.717) is 44.8 Å². The molecule has 8 N–H and O–H groups in total. The number of aliphatic carboxylic acids is 2. The molecule has 4 heterocycles. The molecule has 2 aromatic heterocycles. The summed E-state index contributed by atoms with van der Waals surface area (Å²) in [6, 6.07) is -0.562. The first-order valence-corrected chi connectivity index (χ1v) is 15.4. The van der Waals surface area contributed by atoms with Crippen LogP contribution in [0.4, 0.5) is 0 Å². The van der Waals surface area contributed by atoms with Crippen molar-refractivity contribution in [2.45, 2.75) is 64.7 Å². The lowest BCUT2D eigenvalue weighted by Crippen LogP contribution is -2.32. The number of carboxylic acids is 2. The molecule has 0 unspecified atom stereocenters. The number of thiol groups is 1. The number of hydrogen-bond donors (Lipinski definition) is 9. The van der Waals surface area contributed by atoms with Crippen LogP contribution in [0.3, 0.4) is 0 Å². The van der Waals surface area contributed by atoms with Gasteiger partial charge in [0.15, 0.2) is 0 Å². The third kappa shape index (κ3) is 6.85. The molecule has 2 aliphatic rings. The third-order valence-electron chi connectivity index (χ3n) is 8.82. The summed E-state index contributed by atoms with van der Waals surface area (Å²) in [7, 11) is 0. The van der Waals surface area contributed by atoms with E-state index < -0.39 is 24.4 Å². The second-order valence-corrected chi connectivity index (χ2v) is 12.6. The van der Waals surface area contributed by atoms with Crippen molar-refractivity contribution >= 4 is 54.3 Å². The molecule has 0 aromatic carbocycles. The molecule has 46 heavy (non-hydrogen) atoms. The summed E-state index contributed by atoms with van der Waals surface area (Å²) < 4.78 is 0. The number of amides is 2. The molecule has 0 radical (unpaired) electrons. The number of aliphatic hydroxyl groups excluding tert-OH is 2. The number of aliphatic hydroxyl groups is 2. The van der Waals surface area contributed by atoms with Crippen LogP contribution in [0.2, 0.25) is 0 Å². The molecule has 2 amide bonds. The van der Waals surface area contributed by atoms with Gasteiger partial charge in [-0.05, 0) is 54.7 Å². The molecular formula is C33H40N4O8S. The molecule has 0 bridgehead atoms. The normalized spacial score (nSPS) is 22.3. The van der Waals surface area contributed by atoms with Crippen LogP contribution in [0.1, 0.15) is 60.5 Å². The highest BCUT2D eigenvalue weighted by molar-refractivity contribution is 7.80. The fourth-order valence-corrected chi connectivity index (χ4v) is 6.84. The monoisotopic (exact) mass is 652 g/mol. The fourth-order valence-electron chi connectivity index (χ4n) is 6.42. The summed E-state index contributed by atoms with van der Waals surface area (Å²) in [6.45, 7) is 10.6. The first-order valence-electron chi connectivity index (χ1n) is 14.9. The van der Waals surface area contributed by atoms with Gasteiger partial charge in [-0.2, -0.15) is 12.6 Å². The maximum Gasteiger partial charge on any atom is 0.311 e. The van der Waals surface area contributed by atoms with E-state index >= 15 is 0 Å². The predicted molar refractivity (Wildman–Crippen MR) is 175 cm³/mol. The van der Waals surface area contributed by atoms with E-state index in [1.54, 1.807) is 13.0 Å². The lowest BCUT2D eigenvalue weighted by Gasteiger charge is -2.17. The van der Waals surface area contributed by atoms with Crippen LogP contribution >= 0.6 is 12.6 Å². The zero-order chi connectivity index (χ0) is 34.0. The van der Waals surface area contributed by atoms with E-state index in [0.717, 1.165) is 5.56 Å². The first-order chi connectivity index (χ1) is 21.7. The Kier molecular flexibility index (Phi) is 10.4. The maximum atomic E-state index is 12.5. The van der Waals surface area contributed by atoms with Gasteiger partial charge in [0.05, 0.1) is 18.0 Å². The summed E-state index contributed by atoms with van der Waals surface area (Å²) in [5.41, 5.74) is 5.25. The van der Waals surface area contributed by atoms with E-state index in [4.69, 9.17) is 0 Å². The number of nitrogens with one attached hydrogen (secondary N) is 4. The molecule has 0 saturated carbocycles. The fraction of sp³-hybridized carbons (Fsp3) is 0.394. The number of rotatable bonds is 12. The molecular weight excluding hydrogens is 612 g/mol. The van der Waals surface area contributed by atoms with Crippen molar-refractivity contribution in [3.8, 4) is 0 Å². The molecule has 2 aromatic rings. The number of hydrogen-bond acceptors (Lipinski definition) is 7. The lowest BCUT2D eigenvalue weighted by atomic mass is 9.91. The van der Waals surface area contributed by atoms with E-state index in [9.17, 15) is 39.6 Å². The topological polar surface area (TPSA) is 205 Å². The average molecular weight is 653 g/mol. The smallest absolute Gasteiger partial charge is 0.311 e. The van der Waals surface area contributed by atoms with Crippen LogP contribution in [0.5, 0.6) is 0 Å². The highest BCUT2D eigenvalue weighted by atomic mass is 32.1. The van der Waals surface area contributed by atoms with Crippen molar-refractivity contribution in [2.75, 3.05) is 6.61 Å². The van der Waals surface area contributed by atoms with Gasteiger partial charge in [0.25, 0.3) is 5.91 Å². The minimum Gasteiger partial charge on any atom is -0.511 e. The van der Waals surface area contributed by atoms with Crippen LogP contribution in [0.15, 0.2) is 29.5 Å². The Labute approximate surface area is 271 Å². The van der Waals surface area contributed by atoms with Gasteiger partial charge in [0, 0.05) is 63.5 Å². The Balaban J connectivity index is 1.91. The van der Waals surface area contributed by atoms with E-state index in [1.807, 2.05) is 26.8 Å². The highest BCUT2D eigenvalue weighted by Gasteiger charge is 2.38. The number of aromatic amines is 2. The summed E-state index contributed by atoms with van der Waals surface area (Å²) in [6.07, 6.45) is 4.50. The molecule has 2 aliphatic heterocycles. The third-order valence-corrected chi connectivity index (χ3v) is 9.14. The number of aromatic nitrogens is 2. The molecule has 13 heteroatoms. The molecule has 0 spiro atoms. The summed E-state index contributed by atoms with van der Waals surface area (Å²) >= 11 is 4.60. The molecule has 1 saturated heterocycles. The summed E-state index contributed by atoms with van der Waals surface area (Å²) in [5.74, 6) is -3.52. The highest BCUT2D eigenvalue weighted by Crippen LogP contribution is 2.34. The van der Waals surface area contributed by atoms with Gasteiger partial charge in [0.2, 0.25) is 5.91 Å². The van der Waals surface area contributed by atoms with Gasteiger partial charge in [0.1, 0.15) is 12.2 Å². The van der Waals surface area contributed by atoms with Crippen molar-refractivity contribution in [3.63, 3.8) is 0 Å². The molecule has 1 fully saturated rings. The van der Waals surface area contributed by atoms with Crippen LogP contribution in [-0.2, 0) is 32.0 Å². The van der Waals surface area contributed by atoms with Gasteiger partial charge in [-0.3, -0.25) is 19.2 Å². The van der Waals surface area contributed by atoms with Crippen molar-refractivity contribution in [2.24, 2.45) is 11.8 Å². The summed E-state index contributed by atoms with van der Waals surface area (Å²) in [5, 5.41) is 46.1. The SMILES string of the molecule is C=CC1=C(CO)[C@@H](Cc2[nH]c(=C\c3[nH]c(/C=C4\NC(=O)[C@H](C)[C@H]4[C@@H](C)S)c(C)c3CCC(=O)O)/c(=C(/O)CC(=O)O)c2C)NC1=O. The van der Waals surface area contributed by atoms with Gasteiger partial charge in [-0.25, -0.2) is 0 Å². The molecule has 12 nitrogen and oxygen atoms in total. The number of carbonyl (C=O) groups is 4. The van der Waals surface area contributed by atoms with Crippen molar-refractivity contribution in [3.05, 3.63) is 73.8 Å². The zero-order valence-electron chi connectivity index (χ0n) is 26.2. The quantitative estimate of drug-likeness (QED) is 0.153. The van der Waals surface area contributed by atoms with Crippen LogP contribution in [0.25, 0.3) is 17.9 Å². The largest absolute Gasteiger partial charge is 0.511 e. The van der Waals surface area contributed by atoms with E-state index in [2.05, 4.69) is 39.8 Å². The molecule has 0 aliphatic carbocycles. The first kappa shape index (κ1) is 34.4. The molecule has 246 valence electrons. The Hall–Kier alpha value is -4.49. The van der Waals surface area contributed by atoms with Crippen LogP contribution in [0, 0.1) is 25.7 Å². The van der Waals surface area contributed by atoms with Gasteiger partial charge in [-0.1, -0.05) is 26.5 Å². The van der Waals surface area contributed by atoms with Crippen LogP contribution in [-0.4, -0.2) is 72.0 Å².